The number of carbonyl (C=O) groups excluding carboxylic acids is 1. The van der Waals surface area contributed by atoms with Gasteiger partial charge in [-0.15, -0.1) is 0 Å². The van der Waals surface area contributed by atoms with Crippen molar-refractivity contribution in [3.05, 3.63) is 63.9 Å². The molecule has 2 nitrogen and oxygen atoms in total. The van der Waals surface area contributed by atoms with Crippen LogP contribution in [0.15, 0.2) is 36.5 Å². The fourth-order valence-electron chi connectivity index (χ4n) is 1.57. The Morgan fingerprint density at radius 1 is 1.18 bits per heavy atom. The first-order chi connectivity index (χ1) is 8.09. The summed E-state index contributed by atoms with van der Waals surface area (Å²) >= 11 is 5.96. The van der Waals surface area contributed by atoms with Gasteiger partial charge in [-0.25, -0.2) is 0 Å². The molecule has 2 aromatic rings. The van der Waals surface area contributed by atoms with Gasteiger partial charge in [0.25, 0.3) is 0 Å². The Hall–Kier alpha value is -1.67. The third-order valence-corrected chi connectivity index (χ3v) is 3.05. The van der Waals surface area contributed by atoms with E-state index in [1.807, 2.05) is 26.0 Å². The standard InChI is InChI=1S/C14H12ClNO/c1-9-5-6-11(8-10(9)2)14(17)13-12(15)4-3-7-16-13/h3-8H,1-2H3. The Bertz CT molecular complexity index is 578. The van der Waals surface area contributed by atoms with E-state index in [-0.39, 0.29) is 5.78 Å². The minimum atomic E-state index is -0.140. The first-order valence-corrected chi connectivity index (χ1v) is 5.70. The molecule has 86 valence electrons. The van der Waals surface area contributed by atoms with E-state index >= 15 is 0 Å². The van der Waals surface area contributed by atoms with Crippen molar-refractivity contribution in [1.82, 2.24) is 4.98 Å². The van der Waals surface area contributed by atoms with Crippen molar-refractivity contribution in [3.63, 3.8) is 0 Å². The Balaban J connectivity index is 2.44. The molecule has 0 N–H and O–H groups in total. The molecule has 0 saturated heterocycles. The van der Waals surface area contributed by atoms with Crippen LogP contribution in [-0.2, 0) is 0 Å². The zero-order chi connectivity index (χ0) is 12.4. The Morgan fingerprint density at radius 3 is 2.59 bits per heavy atom. The van der Waals surface area contributed by atoms with Crippen LogP contribution in [0.2, 0.25) is 5.02 Å². The summed E-state index contributed by atoms with van der Waals surface area (Å²) in [6, 6.07) is 8.97. The lowest BCUT2D eigenvalue weighted by Gasteiger charge is -2.05. The molecular formula is C14H12ClNO. The molecule has 0 aliphatic rings. The summed E-state index contributed by atoms with van der Waals surface area (Å²) in [5, 5.41) is 0.385. The van der Waals surface area contributed by atoms with Crippen LogP contribution in [0.25, 0.3) is 0 Å². The lowest BCUT2D eigenvalue weighted by Crippen LogP contribution is -2.05. The molecule has 0 bridgehead atoms. The highest BCUT2D eigenvalue weighted by atomic mass is 35.5. The minimum absolute atomic E-state index is 0.140. The van der Waals surface area contributed by atoms with Gasteiger partial charge in [0.2, 0.25) is 5.78 Å². The topological polar surface area (TPSA) is 30.0 Å². The first-order valence-electron chi connectivity index (χ1n) is 5.32. The van der Waals surface area contributed by atoms with Crippen LogP contribution in [0.4, 0.5) is 0 Å². The normalized spacial score (nSPS) is 10.3. The molecule has 3 heteroatoms. The number of ketones is 1. The number of pyridine rings is 1. The largest absolute Gasteiger partial charge is 0.287 e. The van der Waals surface area contributed by atoms with Gasteiger partial charge in [0.1, 0.15) is 5.69 Å². The summed E-state index contributed by atoms with van der Waals surface area (Å²) in [7, 11) is 0. The third-order valence-electron chi connectivity index (χ3n) is 2.74. The van der Waals surface area contributed by atoms with Gasteiger partial charge in [-0.1, -0.05) is 23.7 Å². The molecule has 0 radical (unpaired) electrons. The summed E-state index contributed by atoms with van der Waals surface area (Å²) in [4.78, 5) is 16.2. The number of aromatic nitrogens is 1. The summed E-state index contributed by atoms with van der Waals surface area (Å²) in [5.41, 5.74) is 3.17. The summed E-state index contributed by atoms with van der Waals surface area (Å²) in [6.45, 7) is 3.99. The van der Waals surface area contributed by atoms with E-state index in [9.17, 15) is 4.79 Å². The summed E-state index contributed by atoms with van der Waals surface area (Å²) in [5.74, 6) is -0.140. The van der Waals surface area contributed by atoms with Crippen molar-refractivity contribution < 1.29 is 4.79 Å². The Kier molecular flexibility index (Phi) is 3.25. The maximum Gasteiger partial charge on any atom is 0.212 e. The fourth-order valence-corrected chi connectivity index (χ4v) is 1.78. The molecule has 0 aliphatic heterocycles. The second-order valence-corrected chi connectivity index (χ2v) is 4.37. The van der Waals surface area contributed by atoms with Crippen LogP contribution in [-0.4, -0.2) is 10.8 Å². The Labute approximate surface area is 105 Å². The molecule has 1 heterocycles. The lowest BCUT2D eigenvalue weighted by atomic mass is 10.0. The number of hydrogen-bond acceptors (Lipinski definition) is 2. The van der Waals surface area contributed by atoms with Crippen molar-refractivity contribution in [3.8, 4) is 0 Å². The van der Waals surface area contributed by atoms with Crippen molar-refractivity contribution in [2.45, 2.75) is 13.8 Å². The van der Waals surface area contributed by atoms with Crippen molar-refractivity contribution in [1.29, 1.82) is 0 Å². The van der Waals surface area contributed by atoms with E-state index in [1.165, 1.54) is 0 Å². The molecule has 17 heavy (non-hydrogen) atoms. The van der Waals surface area contributed by atoms with Gasteiger partial charge in [0.15, 0.2) is 0 Å². The van der Waals surface area contributed by atoms with Crippen LogP contribution in [0.1, 0.15) is 27.2 Å². The van der Waals surface area contributed by atoms with Gasteiger partial charge in [0.05, 0.1) is 5.02 Å². The molecule has 0 fully saturated rings. The fraction of sp³-hybridized carbons (Fsp3) is 0.143. The molecule has 1 aromatic heterocycles. The molecule has 2 rings (SSSR count). The predicted octanol–water partition coefficient (Wildman–Crippen LogP) is 3.58. The number of benzene rings is 1. The van der Waals surface area contributed by atoms with Crippen LogP contribution >= 0.6 is 11.6 Å². The van der Waals surface area contributed by atoms with E-state index in [2.05, 4.69) is 4.98 Å². The van der Waals surface area contributed by atoms with Crippen molar-refractivity contribution in [2.75, 3.05) is 0 Å². The van der Waals surface area contributed by atoms with Crippen LogP contribution in [0.5, 0.6) is 0 Å². The van der Waals surface area contributed by atoms with Crippen LogP contribution in [0.3, 0.4) is 0 Å². The number of carbonyl (C=O) groups is 1. The molecule has 1 aromatic carbocycles. The summed E-state index contributed by atoms with van der Waals surface area (Å²) in [6.07, 6.45) is 1.57. The highest BCUT2D eigenvalue weighted by Crippen LogP contribution is 2.18. The zero-order valence-corrected chi connectivity index (χ0v) is 10.5. The van der Waals surface area contributed by atoms with Gasteiger partial charge >= 0.3 is 0 Å². The first kappa shape index (κ1) is 11.8. The molecule has 0 aliphatic carbocycles. The SMILES string of the molecule is Cc1ccc(C(=O)c2ncccc2Cl)cc1C. The molecule has 0 atom stereocenters. The molecule has 0 unspecified atom stereocenters. The number of nitrogens with zero attached hydrogens (tertiary/aromatic N) is 1. The van der Waals surface area contributed by atoms with Gasteiger partial charge < -0.3 is 0 Å². The number of hydrogen-bond donors (Lipinski definition) is 0. The highest BCUT2D eigenvalue weighted by molar-refractivity contribution is 6.34. The molecular weight excluding hydrogens is 234 g/mol. The molecule has 0 amide bonds. The maximum atomic E-state index is 12.2. The third kappa shape index (κ3) is 2.37. The smallest absolute Gasteiger partial charge is 0.212 e. The van der Waals surface area contributed by atoms with Gasteiger partial charge in [-0.2, -0.15) is 0 Å². The monoisotopic (exact) mass is 245 g/mol. The van der Waals surface area contributed by atoms with Crippen LogP contribution in [0, 0.1) is 13.8 Å². The lowest BCUT2D eigenvalue weighted by molar-refractivity contribution is 0.103. The molecule has 0 saturated carbocycles. The van der Waals surface area contributed by atoms with E-state index in [0.29, 0.717) is 16.3 Å². The van der Waals surface area contributed by atoms with Gasteiger partial charge in [0, 0.05) is 11.8 Å². The summed E-state index contributed by atoms with van der Waals surface area (Å²) < 4.78 is 0. The van der Waals surface area contributed by atoms with Crippen molar-refractivity contribution in [2.24, 2.45) is 0 Å². The minimum Gasteiger partial charge on any atom is -0.287 e. The zero-order valence-electron chi connectivity index (χ0n) is 9.70. The number of halogens is 1. The van der Waals surface area contributed by atoms with Crippen molar-refractivity contribution >= 4 is 17.4 Å². The average Bonchev–Trinajstić information content (AvgIpc) is 2.32. The highest BCUT2D eigenvalue weighted by Gasteiger charge is 2.14. The van der Waals surface area contributed by atoms with E-state index in [1.54, 1.807) is 24.4 Å². The van der Waals surface area contributed by atoms with E-state index in [0.717, 1.165) is 11.1 Å². The van der Waals surface area contributed by atoms with E-state index in [4.69, 9.17) is 11.6 Å². The predicted molar refractivity (Wildman–Crippen MR) is 68.6 cm³/mol. The van der Waals surface area contributed by atoms with Gasteiger partial charge in [-0.3, -0.25) is 9.78 Å². The number of aryl methyl sites for hydroxylation is 2. The second kappa shape index (κ2) is 4.68. The number of rotatable bonds is 2. The quantitative estimate of drug-likeness (QED) is 0.757. The average molecular weight is 246 g/mol. The molecule has 0 spiro atoms. The van der Waals surface area contributed by atoms with E-state index < -0.39 is 0 Å². The van der Waals surface area contributed by atoms with Crippen LogP contribution < -0.4 is 0 Å². The maximum absolute atomic E-state index is 12.2. The second-order valence-electron chi connectivity index (χ2n) is 3.96. The Morgan fingerprint density at radius 2 is 1.94 bits per heavy atom. The van der Waals surface area contributed by atoms with Gasteiger partial charge in [-0.05, 0) is 43.2 Å².